The van der Waals surface area contributed by atoms with Gasteiger partial charge < -0.3 is 9.47 Å². The third-order valence-corrected chi connectivity index (χ3v) is 4.04. The first-order valence-electron chi connectivity index (χ1n) is 8.10. The SMILES string of the molecule is C=C(C)CC1(CC#Cc2ccc(C(F)(F)F)cc2)COC(C)(C)OC1. The van der Waals surface area contributed by atoms with Crippen LogP contribution in [-0.2, 0) is 15.7 Å². The van der Waals surface area contributed by atoms with Gasteiger partial charge in [0.1, 0.15) is 0 Å². The molecule has 1 saturated heterocycles. The van der Waals surface area contributed by atoms with Gasteiger partial charge in [-0.25, -0.2) is 0 Å². The molecule has 2 nitrogen and oxygen atoms in total. The van der Waals surface area contributed by atoms with Gasteiger partial charge in [0.2, 0.25) is 0 Å². The van der Waals surface area contributed by atoms with Crippen LogP contribution >= 0.6 is 0 Å². The first kappa shape index (κ1) is 19.6. The summed E-state index contributed by atoms with van der Waals surface area (Å²) in [6.07, 6.45) is -3.08. The van der Waals surface area contributed by atoms with Crippen LogP contribution in [0.4, 0.5) is 13.2 Å². The Kier molecular flexibility index (Phi) is 5.65. The molecule has 1 aromatic carbocycles. The maximum absolute atomic E-state index is 12.6. The van der Waals surface area contributed by atoms with Crippen LogP contribution in [0.15, 0.2) is 36.4 Å². The second-order valence-electron chi connectivity index (χ2n) is 7.16. The van der Waals surface area contributed by atoms with Gasteiger partial charge in [-0.15, -0.1) is 6.58 Å². The van der Waals surface area contributed by atoms with E-state index in [9.17, 15) is 13.2 Å². The van der Waals surface area contributed by atoms with E-state index in [1.54, 1.807) is 0 Å². The Labute approximate surface area is 147 Å². The van der Waals surface area contributed by atoms with Crippen LogP contribution in [0.1, 0.15) is 44.7 Å². The maximum Gasteiger partial charge on any atom is 0.416 e. The molecule has 5 heteroatoms. The molecule has 1 aliphatic rings. The van der Waals surface area contributed by atoms with E-state index in [1.807, 2.05) is 20.8 Å². The van der Waals surface area contributed by atoms with Crippen LogP contribution in [0.2, 0.25) is 0 Å². The Balaban J connectivity index is 2.09. The summed E-state index contributed by atoms with van der Waals surface area (Å²) >= 11 is 0. The van der Waals surface area contributed by atoms with Gasteiger partial charge in [0, 0.05) is 17.4 Å². The summed E-state index contributed by atoms with van der Waals surface area (Å²) in [6, 6.07) is 4.86. The standard InChI is InChI=1S/C20H23F3O2/c1-15(2)12-19(13-24-18(3,4)25-14-19)11-5-6-16-7-9-17(10-8-16)20(21,22)23/h7-10H,1,11-14H2,2-4H3. The number of hydrogen-bond acceptors (Lipinski definition) is 2. The Morgan fingerprint density at radius 3 is 2.20 bits per heavy atom. The second kappa shape index (κ2) is 7.23. The van der Waals surface area contributed by atoms with E-state index in [-0.39, 0.29) is 5.41 Å². The summed E-state index contributed by atoms with van der Waals surface area (Å²) in [5.74, 6) is 5.39. The van der Waals surface area contributed by atoms with Crippen molar-refractivity contribution in [1.82, 2.24) is 0 Å². The number of allylic oxidation sites excluding steroid dienone is 1. The summed E-state index contributed by atoms with van der Waals surface area (Å²) in [5, 5.41) is 0. The minimum absolute atomic E-state index is 0.278. The third-order valence-electron chi connectivity index (χ3n) is 4.04. The van der Waals surface area contributed by atoms with Gasteiger partial charge in [-0.2, -0.15) is 13.2 Å². The summed E-state index contributed by atoms with van der Waals surface area (Å²) in [7, 11) is 0. The van der Waals surface area contributed by atoms with Crippen LogP contribution in [0.3, 0.4) is 0 Å². The lowest BCUT2D eigenvalue weighted by Gasteiger charge is -2.43. The lowest BCUT2D eigenvalue weighted by molar-refractivity contribution is -0.284. The average molecular weight is 352 g/mol. The van der Waals surface area contributed by atoms with Gasteiger partial charge in [0.15, 0.2) is 5.79 Å². The van der Waals surface area contributed by atoms with E-state index in [0.29, 0.717) is 25.2 Å². The Bertz CT molecular complexity index is 666. The lowest BCUT2D eigenvalue weighted by Crippen LogP contribution is -2.46. The van der Waals surface area contributed by atoms with Crippen molar-refractivity contribution in [2.24, 2.45) is 5.41 Å². The quantitative estimate of drug-likeness (QED) is 0.551. The van der Waals surface area contributed by atoms with Crippen molar-refractivity contribution in [3.8, 4) is 11.8 Å². The van der Waals surface area contributed by atoms with Crippen LogP contribution in [0.25, 0.3) is 0 Å². The van der Waals surface area contributed by atoms with Crippen LogP contribution in [0.5, 0.6) is 0 Å². The highest BCUT2D eigenvalue weighted by molar-refractivity contribution is 5.37. The Morgan fingerprint density at radius 1 is 1.16 bits per heavy atom. The van der Waals surface area contributed by atoms with Crippen LogP contribution in [-0.4, -0.2) is 19.0 Å². The van der Waals surface area contributed by atoms with Gasteiger partial charge in [-0.1, -0.05) is 17.4 Å². The molecular weight excluding hydrogens is 329 g/mol. The molecule has 2 rings (SSSR count). The van der Waals surface area contributed by atoms with E-state index in [4.69, 9.17) is 9.47 Å². The molecule has 0 spiro atoms. The molecule has 0 amide bonds. The van der Waals surface area contributed by atoms with Crippen molar-refractivity contribution < 1.29 is 22.6 Å². The minimum atomic E-state index is -4.33. The molecule has 0 bridgehead atoms. The molecule has 0 radical (unpaired) electrons. The molecule has 0 unspecified atom stereocenters. The molecule has 0 saturated carbocycles. The van der Waals surface area contributed by atoms with E-state index < -0.39 is 17.5 Å². The first-order valence-corrected chi connectivity index (χ1v) is 8.10. The van der Waals surface area contributed by atoms with Gasteiger partial charge >= 0.3 is 6.18 Å². The van der Waals surface area contributed by atoms with Gasteiger partial charge in [-0.3, -0.25) is 0 Å². The number of benzene rings is 1. The van der Waals surface area contributed by atoms with Crippen LogP contribution in [0, 0.1) is 17.3 Å². The normalized spacial score (nSPS) is 19.0. The van der Waals surface area contributed by atoms with Gasteiger partial charge in [-0.05, 0) is 51.5 Å². The van der Waals surface area contributed by atoms with Crippen molar-refractivity contribution in [2.45, 2.75) is 45.6 Å². The number of hydrogen-bond donors (Lipinski definition) is 0. The molecule has 0 N–H and O–H groups in total. The van der Waals surface area contributed by atoms with Crippen molar-refractivity contribution in [1.29, 1.82) is 0 Å². The van der Waals surface area contributed by atoms with Crippen molar-refractivity contribution in [2.75, 3.05) is 13.2 Å². The number of halogens is 3. The molecule has 0 atom stereocenters. The number of rotatable bonds is 3. The topological polar surface area (TPSA) is 18.5 Å². The molecule has 0 aromatic heterocycles. The highest BCUT2D eigenvalue weighted by atomic mass is 19.4. The fourth-order valence-electron chi connectivity index (χ4n) is 2.72. The summed E-state index contributed by atoms with van der Waals surface area (Å²) in [4.78, 5) is 0. The minimum Gasteiger partial charge on any atom is -0.350 e. The van der Waals surface area contributed by atoms with Crippen molar-refractivity contribution in [3.63, 3.8) is 0 Å². The summed E-state index contributed by atoms with van der Waals surface area (Å²) < 4.78 is 49.3. The summed E-state index contributed by atoms with van der Waals surface area (Å²) in [6.45, 7) is 10.7. The maximum atomic E-state index is 12.6. The average Bonchev–Trinajstić information content (AvgIpc) is 2.50. The smallest absolute Gasteiger partial charge is 0.350 e. The number of alkyl halides is 3. The predicted molar refractivity (Wildman–Crippen MR) is 90.8 cm³/mol. The molecule has 1 fully saturated rings. The zero-order chi connectivity index (χ0) is 18.7. The zero-order valence-corrected chi connectivity index (χ0v) is 14.8. The van der Waals surface area contributed by atoms with Gasteiger partial charge in [0.25, 0.3) is 0 Å². The molecule has 136 valence electrons. The molecule has 1 aliphatic heterocycles. The summed E-state index contributed by atoms with van der Waals surface area (Å²) in [5.41, 5.74) is 0.619. The molecule has 25 heavy (non-hydrogen) atoms. The Hall–Kier alpha value is -1.77. The Morgan fingerprint density at radius 2 is 1.72 bits per heavy atom. The third kappa shape index (κ3) is 5.62. The van der Waals surface area contributed by atoms with Crippen molar-refractivity contribution >= 4 is 0 Å². The fourth-order valence-corrected chi connectivity index (χ4v) is 2.72. The van der Waals surface area contributed by atoms with Gasteiger partial charge in [0.05, 0.1) is 18.8 Å². The molecule has 1 aromatic rings. The lowest BCUT2D eigenvalue weighted by atomic mass is 9.79. The largest absolute Gasteiger partial charge is 0.416 e. The second-order valence-corrected chi connectivity index (χ2v) is 7.16. The van der Waals surface area contributed by atoms with E-state index in [2.05, 4.69) is 18.4 Å². The highest BCUT2D eigenvalue weighted by Crippen LogP contribution is 2.37. The highest BCUT2D eigenvalue weighted by Gasteiger charge is 2.39. The van der Waals surface area contributed by atoms with E-state index >= 15 is 0 Å². The van der Waals surface area contributed by atoms with Crippen molar-refractivity contribution in [3.05, 3.63) is 47.5 Å². The molecular formula is C20H23F3O2. The predicted octanol–water partition coefficient (Wildman–Crippen LogP) is 5.18. The van der Waals surface area contributed by atoms with Crippen LogP contribution < -0.4 is 0 Å². The molecule has 1 heterocycles. The first-order chi connectivity index (χ1) is 11.5. The number of ether oxygens (including phenoxy) is 2. The zero-order valence-electron chi connectivity index (χ0n) is 14.8. The fraction of sp³-hybridized carbons (Fsp3) is 0.500. The molecule has 0 aliphatic carbocycles. The van der Waals surface area contributed by atoms with E-state index in [0.717, 1.165) is 24.1 Å². The monoisotopic (exact) mass is 352 g/mol. The van der Waals surface area contributed by atoms with E-state index in [1.165, 1.54) is 12.1 Å².